The van der Waals surface area contributed by atoms with E-state index in [4.69, 9.17) is 0 Å². The molecule has 2 aliphatic carbocycles. The van der Waals surface area contributed by atoms with Crippen LogP contribution in [-0.2, 0) is 11.3 Å². The van der Waals surface area contributed by atoms with E-state index < -0.39 is 0 Å². The Kier molecular flexibility index (Phi) is 4.92. The first-order chi connectivity index (χ1) is 14.9. The number of hydrogen-bond donors (Lipinski definition) is 1. The summed E-state index contributed by atoms with van der Waals surface area (Å²) in [6.45, 7) is 6.68. The Morgan fingerprint density at radius 1 is 1.03 bits per heavy atom. The Bertz CT molecular complexity index is 1130. The molecule has 0 radical (unpaired) electrons. The molecule has 1 aromatic heterocycles. The SMILES string of the molecule is CC(C)(C)C(=O)N(Cc1cccc(-c2ccc3ncnc(NC4CC4)c3c2)c1)C1CC1. The van der Waals surface area contributed by atoms with Crippen LogP contribution >= 0.6 is 0 Å². The van der Waals surface area contributed by atoms with Crippen LogP contribution in [-0.4, -0.2) is 32.9 Å². The summed E-state index contributed by atoms with van der Waals surface area (Å²) in [7, 11) is 0. The summed E-state index contributed by atoms with van der Waals surface area (Å²) in [5, 5.41) is 4.58. The fourth-order valence-corrected chi connectivity index (χ4v) is 4.00. The second-order valence-electron chi connectivity index (χ2n) is 9.99. The molecule has 1 heterocycles. The molecule has 2 aromatic carbocycles. The van der Waals surface area contributed by atoms with Gasteiger partial charge in [-0.2, -0.15) is 0 Å². The molecule has 1 amide bonds. The zero-order valence-corrected chi connectivity index (χ0v) is 18.6. The monoisotopic (exact) mass is 414 g/mol. The first-order valence-corrected chi connectivity index (χ1v) is 11.3. The van der Waals surface area contributed by atoms with Gasteiger partial charge in [0.05, 0.1) is 5.52 Å². The molecule has 3 aromatic rings. The van der Waals surface area contributed by atoms with Crippen LogP contribution in [0.2, 0.25) is 0 Å². The van der Waals surface area contributed by atoms with Gasteiger partial charge < -0.3 is 10.2 Å². The van der Waals surface area contributed by atoms with Gasteiger partial charge in [0.25, 0.3) is 0 Å². The molecule has 2 aliphatic rings. The first kappa shape index (κ1) is 20.0. The molecule has 0 aliphatic heterocycles. The summed E-state index contributed by atoms with van der Waals surface area (Å²) in [6, 6.07) is 15.9. The van der Waals surface area contributed by atoms with Crippen LogP contribution in [0.1, 0.15) is 52.0 Å². The van der Waals surface area contributed by atoms with E-state index in [2.05, 4.69) is 62.6 Å². The lowest BCUT2D eigenvalue weighted by molar-refractivity contribution is -0.140. The Morgan fingerprint density at radius 2 is 1.81 bits per heavy atom. The summed E-state index contributed by atoms with van der Waals surface area (Å²) < 4.78 is 0. The van der Waals surface area contributed by atoms with E-state index in [0.717, 1.165) is 40.7 Å². The van der Waals surface area contributed by atoms with Crippen molar-refractivity contribution in [3.8, 4) is 11.1 Å². The number of aromatic nitrogens is 2. The van der Waals surface area contributed by atoms with Crippen molar-refractivity contribution in [1.82, 2.24) is 14.9 Å². The lowest BCUT2D eigenvalue weighted by Gasteiger charge is -2.30. The molecular formula is C26H30N4O. The fraction of sp³-hybridized carbons (Fsp3) is 0.423. The van der Waals surface area contributed by atoms with E-state index >= 15 is 0 Å². The number of rotatable bonds is 6. The number of benzene rings is 2. The van der Waals surface area contributed by atoms with Crippen LogP contribution < -0.4 is 5.32 Å². The van der Waals surface area contributed by atoms with Crippen molar-refractivity contribution in [2.75, 3.05) is 5.32 Å². The summed E-state index contributed by atoms with van der Waals surface area (Å²) >= 11 is 0. The molecule has 5 nitrogen and oxygen atoms in total. The molecule has 5 rings (SSSR count). The van der Waals surface area contributed by atoms with Gasteiger partial charge in [-0.1, -0.05) is 45.0 Å². The Hall–Kier alpha value is -2.95. The topological polar surface area (TPSA) is 58.1 Å². The highest BCUT2D eigenvalue weighted by Crippen LogP contribution is 2.34. The maximum absolute atomic E-state index is 13.0. The predicted molar refractivity (Wildman–Crippen MR) is 125 cm³/mol. The Labute approximate surface area is 183 Å². The van der Waals surface area contributed by atoms with Gasteiger partial charge in [-0.25, -0.2) is 9.97 Å². The van der Waals surface area contributed by atoms with Crippen molar-refractivity contribution in [2.45, 2.75) is 65.1 Å². The van der Waals surface area contributed by atoms with Crippen LogP contribution in [0, 0.1) is 5.41 Å². The first-order valence-electron chi connectivity index (χ1n) is 11.3. The molecular weight excluding hydrogens is 384 g/mol. The van der Waals surface area contributed by atoms with Crippen molar-refractivity contribution in [3.05, 3.63) is 54.4 Å². The molecule has 160 valence electrons. The third-order valence-corrected chi connectivity index (χ3v) is 6.06. The van der Waals surface area contributed by atoms with Crippen LogP contribution in [0.5, 0.6) is 0 Å². The van der Waals surface area contributed by atoms with Gasteiger partial charge in [0.1, 0.15) is 12.1 Å². The second kappa shape index (κ2) is 7.63. The third-order valence-electron chi connectivity index (χ3n) is 6.06. The molecule has 0 spiro atoms. The van der Waals surface area contributed by atoms with E-state index in [1.54, 1.807) is 6.33 Å². The van der Waals surface area contributed by atoms with Crippen LogP contribution in [0.25, 0.3) is 22.0 Å². The van der Waals surface area contributed by atoms with Gasteiger partial charge >= 0.3 is 0 Å². The zero-order valence-electron chi connectivity index (χ0n) is 18.6. The number of amides is 1. The molecule has 2 saturated carbocycles. The summed E-state index contributed by atoms with van der Waals surface area (Å²) in [4.78, 5) is 24.0. The van der Waals surface area contributed by atoms with Crippen LogP contribution in [0.15, 0.2) is 48.8 Å². The highest BCUT2D eigenvalue weighted by Gasteiger charge is 2.37. The lowest BCUT2D eigenvalue weighted by atomic mass is 9.94. The van der Waals surface area contributed by atoms with E-state index in [0.29, 0.717) is 18.6 Å². The Balaban J connectivity index is 1.44. The third kappa shape index (κ3) is 4.41. The summed E-state index contributed by atoms with van der Waals surface area (Å²) in [6.07, 6.45) is 6.27. The number of carbonyl (C=O) groups is 1. The Morgan fingerprint density at radius 3 is 2.52 bits per heavy atom. The molecule has 5 heteroatoms. The van der Waals surface area contributed by atoms with Crippen molar-refractivity contribution in [2.24, 2.45) is 5.41 Å². The molecule has 0 saturated heterocycles. The highest BCUT2D eigenvalue weighted by atomic mass is 16.2. The quantitative estimate of drug-likeness (QED) is 0.586. The molecule has 0 atom stereocenters. The minimum atomic E-state index is -0.358. The zero-order chi connectivity index (χ0) is 21.6. The maximum atomic E-state index is 13.0. The smallest absolute Gasteiger partial charge is 0.228 e. The number of fused-ring (bicyclic) bond motifs is 1. The standard InChI is InChI=1S/C26H30N4O/c1-26(2,3)25(31)30(21-10-11-21)15-17-5-4-6-18(13-17)19-7-12-23-22(14-19)24(28-16-27-23)29-20-8-9-20/h4-7,12-14,16,20-21H,8-11,15H2,1-3H3,(H,27,28,29). The van der Waals surface area contributed by atoms with Crippen molar-refractivity contribution in [3.63, 3.8) is 0 Å². The van der Waals surface area contributed by atoms with Crippen molar-refractivity contribution in [1.29, 1.82) is 0 Å². The second-order valence-corrected chi connectivity index (χ2v) is 9.99. The van der Waals surface area contributed by atoms with Gasteiger partial charge in [-0.05, 0) is 60.6 Å². The average Bonchev–Trinajstić information content (AvgIpc) is 3.66. The minimum absolute atomic E-state index is 0.235. The van der Waals surface area contributed by atoms with Crippen molar-refractivity contribution >= 4 is 22.6 Å². The molecule has 0 unspecified atom stereocenters. The van der Waals surface area contributed by atoms with Crippen LogP contribution in [0.4, 0.5) is 5.82 Å². The van der Waals surface area contributed by atoms with E-state index in [1.807, 2.05) is 20.8 Å². The van der Waals surface area contributed by atoms with E-state index in [9.17, 15) is 4.79 Å². The van der Waals surface area contributed by atoms with E-state index in [1.165, 1.54) is 18.4 Å². The largest absolute Gasteiger partial charge is 0.367 e. The molecule has 31 heavy (non-hydrogen) atoms. The lowest BCUT2D eigenvalue weighted by Crippen LogP contribution is -2.40. The number of nitrogens with zero attached hydrogens (tertiary/aromatic N) is 3. The molecule has 2 fully saturated rings. The van der Waals surface area contributed by atoms with Gasteiger partial charge in [-0.3, -0.25) is 4.79 Å². The van der Waals surface area contributed by atoms with Gasteiger partial charge in [0, 0.05) is 29.4 Å². The van der Waals surface area contributed by atoms with Gasteiger partial charge in [-0.15, -0.1) is 0 Å². The molecule has 0 bridgehead atoms. The maximum Gasteiger partial charge on any atom is 0.228 e. The number of hydrogen-bond acceptors (Lipinski definition) is 4. The fourth-order valence-electron chi connectivity index (χ4n) is 4.00. The predicted octanol–water partition coefficient (Wildman–Crippen LogP) is 5.41. The van der Waals surface area contributed by atoms with Crippen LogP contribution in [0.3, 0.4) is 0 Å². The number of anilines is 1. The van der Waals surface area contributed by atoms with Gasteiger partial charge in [0.2, 0.25) is 5.91 Å². The number of nitrogens with one attached hydrogen (secondary N) is 1. The number of carbonyl (C=O) groups excluding carboxylic acids is 1. The minimum Gasteiger partial charge on any atom is -0.367 e. The van der Waals surface area contributed by atoms with Crippen molar-refractivity contribution < 1.29 is 4.79 Å². The normalized spacial score (nSPS) is 16.4. The van der Waals surface area contributed by atoms with E-state index in [-0.39, 0.29) is 11.3 Å². The summed E-state index contributed by atoms with van der Waals surface area (Å²) in [5.74, 6) is 1.15. The molecule has 1 N–H and O–H groups in total. The summed E-state index contributed by atoms with van der Waals surface area (Å²) in [5.41, 5.74) is 4.06. The average molecular weight is 415 g/mol. The van der Waals surface area contributed by atoms with Gasteiger partial charge in [0.15, 0.2) is 0 Å². The highest BCUT2D eigenvalue weighted by molar-refractivity contribution is 5.92.